The first kappa shape index (κ1) is 16.5. The molecule has 24 heavy (non-hydrogen) atoms. The predicted octanol–water partition coefficient (Wildman–Crippen LogP) is 3.28. The van der Waals surface area contributed by atoms with Crippen LogP contribution in [0.25, 0.3) is 0 Å². The largest absolute Gasteiger partial charge is 0.496 e. The SMILES string of the molecule is COc1cccc(Cl)c1CN=C(N)NC1CCOc2ccccc21. The number of halogens is 1. The number of hydrogen-bond donors (Lipinski definition) is 2. The molecular formula is C18H20ClN3O2. The summed E-state index contributed by atoms with van der Waals surface area (Å²) in [6.07, 6.45) is 0.836. The molecule has 0 saturated heterocycles. The van der Waals surface area contributed by atoms with Gasteiger partial charge in [0.15, 0.2) is 5.96 Å². The summed E-state index contributed by atoms with van der Waals surface area (Å²) in [7, 11) is 1.61. The number of nitrogens with zero attached hydrogens (tertiary/aromatic N) is 1. The molecule has 0 saturated carbocycles. The summed E-state index contributed by atoms with van der Waals surface area (Å²) in [5.41, 5.74) is 7.98. The first-order valence-electron chi connectivity index (χ1n) is 7.78. The van der Waals surface area contributed by atoms with Crippen LogP contribution in [-0.2, 0) is 6.54 Å². The Balaban J connectivity index is 1.72. The van der Waals surface area contributed by atoms with Crippen molar-refractivity contribution in [2.75, 3.05) is 13.7 Å². The standard InChI is InChI=1S/C18H20ClN3O2/c1-23-16-8-4-6-14(19)13(16)11-21-18(20)22-15-9-10-24-17-7-3-2-5-12(15)17/h2-8,15H,9-11H2,1H3,(H3,20,21,22). The molecule has 2 aromatic rings. The number of para-hydroxylation sites is 1. The molecule has 3 N–H and O–H groups in total. The summed E-state index contributed by atoms with van der Waals surface area (Å²) < 4.78 is 11.0. The van der Waals surface area contributed by atoms with E-state index in [0.29, 0.717) is 29.9 Å². The minimum atomic E-state index is 0.0897. The van der Waals surface area contributed by atoms with Gasteiger partial charge in [-0.25, -0.2) is 4.99 Å². The number of nitrogens with two attached hydrogens (primary N) is 1. The summed E-state index contributed by atoms with van der Waals surface area (Å²) in [5, 5.41) is 3.88. The molecule has 0 amide bonds. The van der Waals surface area contributed by atoms with Crippen LogP contribution in [-0.4, -0.2) is 19.7 Å². The van der Waals surface area contributed by atoms with Gasteiger partial charge in [-0.1, -0.05) is 35.9 Å². The summed E-state index contributed by atoms with van der Waals surface area (Å²) in [5.74, 6) is 1.97. The highest BCUT2D eigenvalue weighted by atomic mass is 35.5. The van der Waals surface area contributed by atoms with E-state index in [1.165, 1.54) is 0 Å². The molecule has 0 fully saturated rings. The maximum Gasteiger partial charge on any atom is 0.189 e. The maximum absolute atomic E-state index is 6.22. The van der Waals surface area contributed by atoms with Crippen molar-refractivity contribution in [2.24, 2.45) is 10.7 Å². The number of rotatable bonds is 4. The van der Waals surface area contributed by atoms with Crippen molar-refractivity contribution in [3.8, 4) is 11.5 Å². The average molecular weight is 346 g/mol. The number of nitrogens with one attached hydrogen (secondary N) is 1. The van der Waals surface area contributed by atoms with E-state index in [0.717, 1.165) is 23.3 Å². The minimum Gasteiger partial charge on any atom is -0.496 e. The van der Waals surface area contributed by atoms with Crippen LogP contribution in [0, 0.1) is 0 Å². The van der Waals surface area contributed by atoms with Gasteiger partial charge in [-0.2, -0.15) is 0 Å². The Kier molecular flexibility index (Phi) is 5.11. The Morgan fingerprint density at radius 2 is 2.17 bits per heavy atom. The van der Waals surface area contributed by atoms with E-state index in [1.54, 1.807) is 7.11 Å². The fourth-order valence-corrected chi connectivity index (χ4v) is 2.99. The topological polar surface area (TPSA) is 68.9 Å². The van der Waals surface area contributed by atoms with Crippen molar-refractivity contribution >= 4 is 17.6 Å². The second-order valence-corrected chi connectivity index (χ2v) is 5.90. The van der Waals surface area contributed by atoms with Crippen molar-refractivity contribution in [3.05, 3.63) is 58.6 Å². The zero-order chi connectivity index (χ0) is 16.9. The summed E-state index contributed by atoms with van der Waals surface area (Å²) >= 11 is 6.22. The molecule has 0 aromatic heterocycles. The Hall–Kier alpha value is -2.40. The van der Waals surface area contributed by atoms with Crippen LogP contribution in [0.3, 0.4) is 0 Å². The molecular weight excluding hydrogens is 326 g/mol. The van der Waals surface area contributed by atoms with Gasteiger partial charge < -0.3 is 20.5 Å². The van der Waals surface area contributed by atoms with E-state index >= 15 is 0 Å². The van der Waals surface area contributed by atoms with Crippen LogP contribution in [0.5, 0.6) is 11.5 Å². The van der Waals surface area contributed by atoms with Crippen LogP contribution in [0.4, 0.5) is 0 Å². The first-order chi connectivity index (χ1) is 11.7. The smallest absolute Gasteiger partial charge is 0.189 e. The molecule has 1 atom stereocenters. The molecule has 0 radical (unpaired) electrons. The summed E-state index contributed by atoms with van der Waals surface area (Å²) in [6, 6.07) is 13.6. The zero-order valence-electron chi connectivity index (χ0n) is 13.5. The highest BCUT2D eigenvalue weighted by Crippen LogP contribution is 2.31. The molecule has 1 heterocycles. The number of ether oxygens (including phenoxy) is 2. The lowest BCUT2D eigenvalue weighted by molar-refractivity contribution is 0.262. The molecule has 1 unspecified atom stereocenters. The summed E-state index contributed by atoms with van der Waals surface area (Å²) in [4.78, 5) is 4.41. The second-order valence-electron chi connectivity index (χ2n) is 5.49. The van der Waals surface area contributed by atoms with Gasteiger partial charge in [-0.05, 0) is 18.2 Å². The number of aliphatic imine (C=N–C) groups is 1. The molecule has 6 heteroatoms. The number of guanidine groups is 1. The van der Waals surface area contributed by atoms with Crippen LogP contribution >= 0.6 is 11.6 Å². The van der Waals surface area contributed by atoms with Crippen molar-refractivity contribution < 1.29 is 9.47 Å². The number of benzene rings is 2. The third-order valence-corrected chi connectivity index (χ3v) is 4.34. The van der Waals surface area contributed by atoms with Gasteiger partial charge in [0, 0.05) is 22.6 Å². The van der Waals surface area contributed by atoms with E-state index in [1.807, 2.05) is 42.5 Å². The third kappa shape index (κ3) is 3.57. The van der Waals surface area contributed by atoms with Gasteiger partial charge in [0.2, 0.25) is 0 Å². The molecule has 5 nitrogen and oxygen atoms in total. The lowest BCUT2D eigenvalue weighted by Gasteiger charge is -2.27. The third-order valence-electron chi connectivity index (χ3n) is 3.98. The molecule has 0 aliphatic carbocycles. The molecule has 1 aliphatic rings. The molecule has 3 rings (SSSR count). The van der Waals surface area contributed by atoms with E-state index in [4.69, 9.17) is 26.8 Å². The summed E-state index contributed by atoms with van der Waals surface area (Å²) in [6.45, 7) is 1.01. The minimum absolute atomic E-state index is 0.0897. The van der Waals surface area contributed by atoms with Crippen molar-refractivity contribution in [1.82, 2.24) is 5.32 Å². The van der Waals surface area contributed by atoms with Gasteiger partial charge in [-0.3, -0.25) is 0 Å². The van der Waals surface area contributed by atoms with Crippen molar-refractivity contribution in [2.45, 2.75) is 19.0 Å². The maximum atomic E-state index is 6.22. The molecule has 1 aliphatic heterocycles. The Bertz CT molecular complexity index is 749. The van der Waals surface area contributed by atoms with E-state index in [-0.39, 0.29) is 6.04 Å². The monoisotopic (exact) mass is 345 g/mol. The molecule has 2 aromatic carbocycles. The molecule has 0 bridgehead atoms. The van der Waals surface area contributed by atoms with Crippen molar-refractivity contribution in [3.63, 3.8) is 0 Å². The van der Waals surface area contributed by atoms with Gasteiger partial charge in [0.1, 0.15) is 11.5 Å². The van der Waals surface area contributed by atoms with E-state index in [2.05, 4.69) is 10.3 Å². The normalized spacial score (nSPS) is 16.9. The van der Waals surface area contributed by atoms with Crippen molar-refractivity contribution in [1.29, 1.82) is 0 Å². The highest BCUT2D eigenvalue weighted by Gasteiger charge is 2.21. The van der Waals surface area contributed by atoms with Gasteiger partial charge >= 0.3 is 0 Å². The fraction of sp³-hybridized carbons (Fsp3) is 0.278. The Morgan fingerprint density at radius 1 is 1.33 bits per heavy atom. The van der Waals surface area contributed by atoms with E-state index in [9.17, 15) is 0 Å². The van der Waals surface area contributed by atoms with E-state index < -0.39 is 0 Å². The lowest BCUT2D eigenvalue weighted by atomic mass is 10.0. The van der Waals surface area contributed by atoms with Crippen LogP contribution in [0.2, 0.25) is 5.02 Å². The lowest BCUT2D eigenvalue weighted by Crippen LogP contribution is -2.37. The van der Waals surface area contributed by atoms with Gasteiger partial charge in [0.05, 0.1) is 26.3 Å². The zero-order valence-corrected chi connectivity index (χ0v) is 14.2. The van der Waals surface area contributed by atoms with Crippen LogP contribution < -0.4 is 20.5 Å². The molecule has 126 valence electrons. The Morgan fingerprint density at radius 3 is 3.00 bits per heavy atom. The average Bonchev–Trinajstić information content (AvgIpc) is 2.61. The Labute approximate surface area is 146 Å². The number of fused-ring (bicyclic) bond motifs is 1. The van der Waals surface area contributed by atoms with Gasteiger partial charge in [0.25, 0.3) is 0 Å². The van der Waals surface area contributed by atoms with Crippen LogP contribution in [0.15, 0.2) is 47.5 Å². The highest BCUT2D eigenvalue weighted by molar-refractivity contribution is 6.31. The fourth-order valence-electron chi connectivity index (χ4n) is 2.76. The molecule has 0 spiro atoms. The first-order valence-corrected chi connectivity index (χ1v) is 8.16. The van der Waals surface area contributed by atoms with Crippen LogP contribution in [0.1, 0.15) is 23.6 Å². The quantitative estimate of drug-likeness (QED) is 0.659. The van der Waals surface area contributed by atoms with Gasteiger partial charge in [-0.15, -0.1) is 0 Å². The number of hydrogen-bond acceptors (Lipinski definition) is 3. The predicted molar refractivity (Wildman–Crippen MR) is 95.8 cm³/mol. The number of methoxy groups -OCH3 is 1. The second kappa shape index (κ2) is 7.45.